The summed E-state index contributed by atoms with van der Waals surface area (Å²) in [5.41, 5.74) is 8.20. The molecular weight excluding hydrogens is 244 g/mol. The molecule has 4 nitrogen and oxygen atoms in total. The predicted octanol–water partition coefficient (Wildman–Crippen LogP) is 2.43. The summed E-state index contributed by atoms with van der Waals surface area (Å²) < 4.78 is 3.81. The van der Waals surface area contributed by atoms with Crippen molar-refractivity contribution in [2.24, 2.45) is 10.7 Å². The standard InChI is InChI=1S/C10H9ClN4S/c11-5-10(12)13-8-3-1-7(2-4-8)9-6-16-15-14-9/h1-4,6H,5H2,(H2,12,13). The number of hydrogen-bond donors (Lipinski definition) is 1. The van der Waals surface area contributed by atoms with Crippen LogP contribution < -0.4 is 5.73 Å². The van der Waals surface area contributed by atoms with Gasteiger partial charge in [-0.2, -0.15) is 0 Å². The van der Waals surface area contributed by atoms with E-state index in [0.717, 1.165) is 16.9 Å². The molecule has 2 N–H and O–H groups in total. The zero-order valence-corrected chi connectivity index (χ0v) is 9.87. The Balaban J connectivity index is 2.23. The number of amidine groups is 1. The minimum Gasteiger partial charge on any atom is -0.386 e. The van der Waals surface area contributed by atoms with E-state index in [9.17, 15) is 0 Å². The van der Waals surface area contributed by atoms with Crippen LogP contribution in [-0.4, -0.2) is 21.3 Å². The van der Waals surface area contributed by atoms with Crippen LogP contribution in [-0.2, 0) is 0 Å². The van der Waals surface area contributed by atoms with E-state index in [-0.39, 0.29) is 5.88 Å². The van der Waals surface area contributed by atoms with Gasteiger partial charge in [0.15, 0.2) is 0 Å². The lowest BCUT2D eigenvalue weighted by Gasteiger charge is -1.98. The Labute approximate surface area is 102 Å². The van der Waals surface area contributed by atoms with Gasteiger partial charge >= 0.3 is 0 Å². The fourth-order valence-electron chi connectivity index (χ4n) is 1.19. The summed E-state index contributed by atoms with van der Waals surface area (Å²) in [5, 5.41) is 5.87. The Hall–Kier alpha value is -1.46. The van der Waals surface area contributed by atoms with Crippen molar-refractivity contribution in [1.82, 2.24) is 9.59 Å². The molecule has 0 bridgehead atoms. The van der Waals surface area contributed by atoms with Gasteiger partial charge in [0.05, 0.1) is 11.6 Å². The quantitative estimate of drug-likeness (QED) is 0.518. The first-order valence-corrected chi connectivity index (χ1v) is 5.93. The minimum atomic E-state index is 0.234. The van der Waals surface area contributed by atoms with E-state index in [2.05, 4.69) is 14.6 Å². The lowest BCUT2D eigenvalue weighted by atomic mass is 10.1. The van der Waals surface area contributed by atoms with Crippen LogP contribution in [0.4, 0.5) is 5.69 Å². The lowest BCUT2D eigenvalue weighted by Crippen LogP contribution is -2.12. The molecule has 0 atom stereocenters. The molecule has 0 saturated carbocycles. The van der Waals surface area contributed by atoms with Crippen LogP contribution in [0, 0.1) is 0 Å². The summed E-state index contributed by atoms with van der Waals surface area (Å²) in [5.74, 6) is 0.641. The van der Waals surface area contributed by atoms with Gasteiger partial charge in [-0.25, -0.2) is 4.99 Å². The van der Waals surface area contributed by atoms with Crippen LogP contribution in [0.2, 0.25) is 0 Å². The Morgan fingerprint density at radius 3 is 2.69 bits per heavy atom. The van der Waals surface area contributed by atoms with Crippen molar-refractivity contribution >= 4 is 34.7 Å². The number of nitrogens with two attached hydrogens (primary N) is 1. The largest absolute Gasteiger partial charge is 0.386 e. The summed E-state index contributed by atoms with van der Waals surface area (Å²) in [4.78, 5) is 4.13. The van der Waals surface area contributed by atoms with Crippen LogP contribution >= 0.6 is 23.1 Å². The molecule has 0 amide bonds. The molecule has 0 radical (unpaired) electrons. The van der Waals surface area contributed by atoms with Crippen LogP contribution in [0.3, 0.4) is 0 Å². The number of alkyl halides is 1. The van der Waals surface area contributed by atoms with Crippen LogP contribution in [0.1, 0.15) is 0 Å². The van der Waals surface area contributed by atoms with Gasteiger partial charge in [0, 0.05) is 10.9 Å². The third kappa shape index (κ3) is 2.56. The van der Waals surface area contributed by atoms with Crippen LogP contribution in [0.15, 0.2) is 34.6 Å². The lowest BCUT2D eigenvalue weighted by molar-refractivity contribution is 1.16. The van der Waals surface area contributed by atoms with Crippen molar-refractivity contribution in [2.45, 2.75) is 0 Å². The molecule has 0 aliphatic carbocycles. The highest BCUT2D eigenvalue weighted by molar-refractivity contribution is 7.03. The fourth-order valence-corrected chi connectivity index (χ4v) is 1.72. The van der Waals surface area contributed by atoms with Gasteiger partial charge in [0.1, 0.15) is 11.5 Å². The highest BCUT2D eigenvalue weighted by Gasteiger charge is 2.00. The van der Waals surface area contributed by atoms with Crippen LogP contribution in [0.5, 0.6) is 0 Å². The third-order valence-corrected chi connectivity index (χ3v) is 2.71. The topological polar surface area (TPSA) is 64.2 Å². The molecule has 0 spiro atoms. The van der Waals surface area contributed by atoms with Crippen molar-refractivity contribution in [2.75, 3.05) is 5.88 Å². The van der Waals surface area contributed by atoms with Crippen LogP contribution in [0.25, 0.3) is 11.3 Å². The zero-order chi connectivity index (χ0) is 11.4. The second-order valence-electron chi connectivity index (χ2n) is 3.07. The Morgan fingerprint density at radius 2 is 2.12 bits per heavy atom. The van der Waals surface area contributed by atoms with E-state index in [4.69, 9.17) is 17.3 Å². The minimum absolute atomic E-state index is 0.234. The fraction of sp³-hybridized carbons (Fsp3) is 0.100. The van der Waals surface area contributed by atoms with Crippen molar-refractivity contribution < 1.29 is 0 Å². The van der Waals surface area contributed by atoms with Gasteiger partial charge < -0.3 is 5.73 Å². The summed E-state index contributed by atoms with van der Waals surface area (Å²) in [6.07, 6.45) is 0. The maximum Gasteiger partial charge on any atom is 0.115 e. The second-order valence-corrected chi connectivity index (χ2v) is 3.95. The van der Waals surface area contributed by atoms with Crippen molar-refractivity contribution in [1.29, 1.82) is 0 Å². The van der Waals surface area contributed by atoms with Crippen molar-refractivity contribution in [3.05, 3.63) is 29.6 Å². The molecule has 1 aromatic heterocycles. The Morgan fingerprint density at radius 1 is 1.38 bits per heavy atom. The van der Waals surface area contributed by atoms with E-state index < -0.39 is 0 Å². The molecule has 0 saturated heterocycles. The molecule has 16 heavy (non-hydrogen) atoms. The first-order valence-electron chi connectivity index (χ1n) is 4.56. The summed E-state index contributed by atoms with van der Waals surface area (Å²) in [6, 6.07) is 7.59. The van der Waals surface area contributed by atoms with Crippen molar-refractivity contribution in [3.63, 3.8) is 0 Å². The number of nitrogens with zero attached hydrogens (tertiary/aromatic N) is 3. The van der Waals surface area contributed by atoms with E-state index in [1.54, 1.807) is 0 Å². The Bertz CT molecular complexity index is 478. The van der Waals surface area contributed by atoms with Gasteiger partial charge in [-0.05, 0) is 23.7 Å². The Kier molecular flexibility index (Phi) is 3.48. The number of benzene rings is 1. The smallest absolute Gasteiger partial charge is 0.115 e. The van der Waals surface area contributed by atoms with Gasteiger partial charge in [0.2, 0.25) is 0 Å². The molecule has 1 heterocycles. The third-order valence-electron chi connectivity index (χ3n) is 1.93. The average Bonchev–Trinajstić information content (AvgIpc) is 2.83. The van der Waals surface area contributed by atoms with Gasteiger partial charge in [-0.15, -0.1) is 16.7 Å². The number of halogens is 1. The maximum absolute atomic E-state index is 5.54. The van der Waals surface area contributed by atoms with Gasteiger partial charge in [0.25, 0.3) is 0 Å². The van der Waals surface area contributed by atoms with Gasteiger partial charge in [-0.3, -0.25) is 0 Å². The van der Waals surface area contributed by atoms with Gasteiger partial charge in [-0.1, -0.05) is 16.6 Å². The first kappa shape index (κ1) is 11.0. The van der Waals surface area contributed by atoms with E-state index in [0.29, 0.717) is 5.84 Å². The first-order chi connectivity index (χ1) is 7.79. The molecule has 0 unspecified atom stereocenters. The second kappa shape index (κ2) is 5.05. The molecular formula is C10H9ClN4S. The number of aromatic nitrogens is 2. The van der Waals surface area contributed by atoms with E-state index in [1.807, 2.05) is 29.6 Å². The molecule has 82 valence electrons. The molecule has 6 heteroatoms. The molecule has 2 aromatic rings. The molecule has 0 fully saturated rings. The number of aliphatic imine (C=N–C) groups is 1. The molecule has 0 aliphatic rings. The average molecular weight is 253 g/mol. The monoisotopic (exact) mass is 252 g/mol. The molecule has 1 aromatic carbocycles. The summed E-state index contributed by atoms with van der Waals surface area (Å²) in [6.45, 7) is 0. The molecule has 2 rings (SSSR count). The van der Waals surface area contributed by atoms with E-state index in [1.165, 1.54) is 11.5 Å². The number of rotatable bonds is 3. The zero-order valence-electron chi connectivity index (χ0n) is 8.30. The SMILES string of the molecule is NC(CCl)=Nc1ccc(-c2csnn2)cc1. The van der Waals surface area contributed by atoms with E-state index >= 15 is 0 Å². The number of hydrogen-bond acceptors (Lipinski definition) is 4. The van der Waals surface area contributed by atoms with Crippen molar-refractivity contribution in [3.8, 4) is 11.3 Å². The normalized spacial score (nSPS) is 11.7. The summed E-state index contributed by atoms with van der Waals surface area (Å²) >= 11 is 6.87. The summed E-state index contributed by atoms with van der Waals surface area (Å²) in [7, 11) is 0. The highest BCUT2D eigenvalue weighted by atomic mass is 35.5. The molecule has 0 aliphatic heterocycles. The maximum atomic E-state index is 5.54. The highest BCUT2D eigenvalue weighted by Crippen LogP contribution is 2.21. The predicted molar refractivity (Wildman–Crippen MR) is 67.3 cm³/mol.